The van der Waals surface area contributed by atoms with E-state index in [-0.39, 0.29) is 23.8 Å². The Morgan fingerprint density at radius 1 is 0.786 bits per heavy atom. The van der Waals surface area contributed by atoms with Crippen LogP contribution in [0.15, 0.2) is 112 Å². The highest BCUT2D eigenvalue weighted by atomic mass is 79.9. The van der Waals surface area contributed by atoms with Crippen molar-refractivity contribution < 1.29 is 18.0 Å². The van der Waals surface area contributed by atoms with Gasteiger partial charge in [0.15, 0.2) is 0 Å². The molecule has 0 saturated heterocycles. The molecular weight excluding hydrogens is 614 g/mol. The molecule has 0 spiro atoms. The maximum atomic E-state index is 14.3. The van der Waals surface area contributed by atoms with Crippen molar-refractivity contribution in [3.8, 4) is 0 Å². The molecule has 0 aromatic heterocycles. The van der Waals surface area contributed by atoms with E-state index < -0.39 is 28.5 Å². The Morgan fingerprint density at radius 3 is 1.93 bits per heavy atom. The molecule has 0 bridgehead atoms. The summed E-state index contributed by atoms with van der Waals surface area (Å²) < 4.78 is 29.9. The summed E-state index contributed by atoms with van der Waals surface area (Å²) in [5.41, 5.74) is 4.02. The summed E-state index contributed by atoms with van der Waals surface area (Å²) in [5, 5.41) is 2.70. The van der Waals surface area contributed by atoms with Crippen LogP contribution in [0.3, 0.4) is 0 Å². The predicted octanol–water partition coefficient (Wildman–Crippen LogP) is 5.65. The normalized spacial score (nSPS) is 11.9. The molecule has 2 amide bonds. The number of halogens is 1. The van der Waals surface area contributed by atoms with Crippen molar-refractivity contribution in [3.63, 3.8) is 0 Å². The van der Waals surface area contributed by atoms with Crippen LogP contribution in [0.2, 0.25) is 0 Å². The summed E-state index contributed by atoms with van der Waals surface area (Å²) >= 11 is 3.40. The number of nitrogens with one attached hydrogen (secondary N) is 1. The number of likely N-dealkylation sites (N-methyl/N-ethyl adjacent to an activating group) is 1. The van der Waals surface area contributed by atoms with Crippen molar-refractivity contribution in [2.75, 3.05) is 17.9 Å². The number of benzene rings is 4. The molecule has 218 valence electrons. The van der Waals surface area contributed by atoms with Gasteiger partial charge in [0, 0.05) is 24.5 Å². The topological polar surface area (TPSA) is 86.8 Å². The maximum Gasteiger partial charge on any atom is 0.264 e. The number of nitrogens with zero attached hydrogens (tertiary/aromatic N) is 2. The van der Waals surface area contributed by atoms with Crippen LogP contribution in [0.5, 0.6) is 0 Å². The lowest BCUT2D eigenvalue weighted by atomic mass is 10.0. The van der Waals surface area contributed by atoms with Crippen molar-refractivity contribution in [1.82, 2.24) is 10.2 Å². The van der Waals surface area contributed by atoms with Crippen LogP contribution >= 0.6 is 15.9 Å². The fourth-order valence-electron chi connectivity index (χ4n) is 4.58. The second-order valence-corrected chi connectivity index (χ2v) is 12.9. The number of sulfonamides is 1. The lowest BCUT2D eigenvalue weighted by Crippen LogP contribution is -2.53. The van der Waals surface area contributed by atoms with Gasteiger partial charge in [-0.25, -0.2) is 8.42 Å². The van der Waals surface area contributed by atoms with Crippen molar-refractivity contribution in [1.29, 1.82) is 0 Å². The molecule has 0 radical (unpaired) electrons. The Kier molecular flexibility index (Phi) is 10.2. The van der Waals surface area contributed by atoms with Crippen LogP contribution in [-0.2, 0) is 32.6 Å². The number of carbonyl (C=O) groups excluding carboxylic acids is 2. The van der Waals surface area contributed by atoms with E-state index in [1.165, 1.54) is 24.1 Å². The average Bonchev–Trinajstić information content (AvgIpc) is 2.99. The molecule has 7 nitrogen and oxygen atoms in total. The van der Waals surface area contributed by atoms with Crippen LogP contribution in [-0.4, -0.2) is 44.8 Å². The molecule has 0 unspecified atom stereocenters. The lowest BCUT2D eigenvalue weighted by molar-refractivity contribution is -0.139. The summed E-state index contributed by atoms with van der Waals surface area (Å²) in [4.78, 5) is 29.1. The van der Waals surface area contributed by atoms with Gasteiger partial charge in [-0.1, -0.05) is 93.8 Å². The first-order chi connectivity index (χ1) is 20.1. The molecule has 42 heavy (non-hydrogen) atoms. The quantitative estimate of drug-likeness (QED) is 0.228. The first-order valence-corrected chi connectivity index (χ1v) is 15.8. The third-order valence-electron chi connectivity index (χ3n) is 6.99. The van der Waals surface area contributed by atoms with E-state index in [0.29, 0.717) is 5.69 Å². The van der Waals surface area contributed by atoms with Gasteiger partial charge < -0.3 is 10.2 Å². The molecule has 9 heteroatoms. The number of anilines is 1. The molecule has 1 atom stereocenters. The van der Waals surface area contributed by atoms with Gasteiger partial charge in [-0.3, -0.25) is 13.9 Å². The maximum absolute atomic E-state index is 14.3. The second kappa shape index (κ2) is 13.8. The largest absolute Gasteiger partial charge is 0.357 e. The van der Waals surface area contributed by atoms with Gasteiger partial charge in [0.2, 0.25) is 11.8 Å². The molecule has 4 aromatic carbocycles. The van der Waals surface area contributed by atoms with Gasteiger partial charge in [0.05, 0.1) is 10.6 Å². The Hall–Kier alpha value is -3.95. The van der Waals surface area contributed by atoms with Gasteiger partial charge in [-0.05, 0) is 61.4 Å². The van der Waals surface area contributed by atoms with Gasteiger partial charge in [0.25, 0.3) is 10.0 Å². The van der Waals surface area contributed by atoms with Crippen LogP contribution in [0, 0.1) is 13.8 Å². The summed E-state index contributed by atoms with van der Waals surface area (Å²) in [6, 6.07) is 29.6. The van der Waals surface area contributed by atoms with E-state index in [1.54, 1.807) is 36.4 Å². The minimum atomic E-state index is -4.13. The summed E-state index contributed by atoms with van der Waals surface area (Å²) in [6.07, 6.45) is 0.265. The van der Waals surface area contributed by atoms with E-state index in [9.17, 15) is 18.0 Å². The minimum Gasteiger partial charge on any atom is -0.357 e. The van der Waals surface area contributed by atoms with E-state index in [4.69, 9.17) is 0 Å². The zero-order chi connectivity index (χ0) is 30.3. The van der Waals surface area contributed by atoms with Crippen molar-refractivity contribution in [2.45, 2.75) is 37.8 Å². The second-order valence-electron chi connectivity index (χ2n) is 10.1. The fourth-order valence-corrected chi connectivity index (χ4v) is 6.26. The minimum absolute atomic E-state index is 0.0704. The Bertz CT molecular complexity index is 1610. The lowest BCUT2D eigenvalue weighted by Gasteiger charge is -2.33. The number of aryl methyl sites for hydroxylation is 2. The van der Waals surface area contributed by atoms with E-state index >= 15 is 0 Å². The highest BCUT2D eigenvalue weighted by Crippen LogP contribution is 2.27. The van der Waals surface area contributed by atoms with E-state index in [0.717, 1.165) is 31.0 Å². The molecule has 4 rings (SSSR count). The van der Waals surface area contributed by atoms with E-state index in [1.807, 2.05) is 68.4 Å². The highest BCUT2D eigenvalue weighted by molar-refractivity contribution is 9.10. The number of hydrogen-bond acceptors (Lipinski definition) is 4. The zero-order valence-electron chi connectivity index (χ0n) is 23.8. The van der Waals surface area contributed by atoms with Crippen molar-refractivity contribution >= 4 is 43.5 Å². The molecule has 0 aliphatic rings. The highest BCUT2D eigenvalue weighted by Gasteiger charge is 2.34. The van der Waals surface area contributed by atoms with Crippen molar-refractivity contribution in [2.24, 2.45) is 0 Å². The van der Waals surface area contributed by atoms with Crippen LogP contribution in [0.25, 0.3) is 0 Å². The Labute approximate surface area is 256 Å². The van der Waals surface area contributed by atoms with Gasteiger partial charge in [-0.2, -0.15) is 0 Å². The third-order valence-corrected chi connectivity index (χ3v) is 9.31. The molecule has 0 heterocycles. The molecule has 0 aliphatic carbocycles. The van der Waals surface area contributed by atoms with Crippen LogP contribution in [0.4, 0.5) is 5.69 Å². The van der Waals surface area contributed by atoms with Gasteiger partial charge >= 0.3 is 0 Å². The molecule has 1 N–H and O–H groups in total. The molecule has 0 saturated carbocycles. The monoisotopic (exact) mass is 647 g/mol. The first-order valence-electron chi connectivity index (χ1n) is 13.5. The third kappa shape index (κ3) is 7.66. The fraction of sp³-hybridized carbons (Fsp3) is 0.212. The average molecular weight is 649 g/mol. The Balaban J connectivity index is 1.77. The Morgan fingerprint density at radius 2 is 1.36 bits per heavy atom. The SMILES string of the molecule is CNC(=O)[C@@H](Cc1ccccc1)N(Cc1ccc(C)cc1)C(=O)CN(c1ccc(Br)cc1)S(=O)(=O)c1ccc(C)cc1. The smallest absolute Gasteiger partial charge is 0.264 e. The van der Waals surface area contributed by atoms with E-state index in [2.05, 4.69) is 21.2 Å². The molecule has 4 aromatic rings. The predicted molar refractivity (Wildman–Crippen MR) is 170 cm³/mol. The molecule has 0 fully saturated rings. The summed E-state index contributed by atoms with van der Waals surface area (Å²) in [7, 11) is -2.60. The number of hydrogen-bond donors (Lipinski definition) is 1. The van der Waals surface area contributed by atoms with Crippen LogP contribution < -0.4 is 9.62 Å². The van der Waals surface area contributed by atoms with Gasteiger partial charge in [-0.15, -0.1) is 0 Å². The number of amides is 2. The number of rotatable bonds is 11. The van der Waals surface area contributed by atoms with Gasteiger partial charge in [0.1, 0.15) is 12.6 Å². The zero-order valence-corrected chi connectivity index (χ0v) is 26.2. The summed E-state index contributed by atoms with van der Waals surface area (Å²) in [5.74, 6) is -0.838. The van der Waals surface area contributed by atoms with Crippen molar-refractivity contribution in [3.05, 3.63) is 130 Å². The standard InChI is InChI=1S/C33H34BrN3O4S/c1-24-9-13-27(14-10-24)22-36(31(33(39)35-3)21-26-7-5-4-6-8-26)32(38)23-37(29-17-15-28(34)16-18-29)42(40,41)30-19-11-25(2)12-20-30/h4-20,31H,21-23H2,1-3H3,(H,35,39)/t31-/m1/s1. The first kappa shape index (κ1) is 31.0. The van der Waals surface area contributed by atoms with Crippen LogP contribution in [0.1, 0.15) is 22.3 Å². The summed E-state index contributed by atoms with van der Waals surface area (Å²) in [6.45, 7) is 3.48. The molecule has 0 aliphatic heterocycles. The number of carbonyl (C=O) groups is 2. The molecular formula is C33H34BrN3O4S.